The Bertz CT molecular complexity index is 394. The molecular formula is C12H19ClN4O. The molecule has 2 rings (SSSR count). The summed E-state index contributed by atoms with van der Waals surface area (Å²) < 4.78 is 0. The standard InChI is InChI=1S/C12H19ClN4O/c13-11-10(9-14)1-2-15-12(11)17-5-3-16(4-6-17)7-8-18/h1-2,18H,3-9,14H2. The Morgan fingerprint density at radius 3 is 2.67 bits per heavy atom. The SMILES string of the molecule is NCc1ccnc(N2CCN(CCO)CC2)c1Cl. The monoisotopic (exact) mass is 270 g/mol. The van der Waals surface area contributed by atoms with Gasteiger partial charge in [0, 0.05) is 45.5 Å². The predicted molar refractivity (Wildman–Crippen MR) is 72.9 cm³/mol. The number of nitrogens with two attached hydrogens (primary N) is 1. The molecule has 1 aliphatic rings. The molecule has 6 heteroatoms. The van der Waals surface area contributed by atoms with Crippen molar-refractivity contribution in [1.82, 2.24) is 9.88 Å². The minimum atomic E-state index is 0.210. The molecule has 0 saturated carbocycles. The Hall–Kier alpha value is -0.880. The van der Waals surface area contributed by atoms with Crippen LogP contribution in [0.3, 0.4) is 0 Å². The van der Waals surface area contributed by atoms with Crippen molar-refractivity contribution < 1.29 is 5.11 Å². The summed E-state index contributed by atoms with van der Waals surface area (Å²) in [6, 6.07) is 1.86. The van der Waals surface area contributed by atoms with Crippen LogP contribution in [0.4, 0.5) is 5.82 Å². The normalized spacial score (nSPS) is 17.2. The summed E-state index contributed by atoms with van der Waals surface area (Å²) in [5.41, 5.74) is 6.57. The van der Waals surface area contributed by atoms with Crippen molar-refractivity contribution in [2.75, 3.05) is 44.2 Å². The first-order valence-electron chi connectivity index (χ1n) is 6.18. The number of halogens is 1. The predicted octanol–water partition coefficient (Wildman–Crippen LogP) is 0.308. The molecule has 100 valence electrons. The molecule has 0 aromatic carbocycles. The summed E-state index contributed by atoms with van der Waals surface area (Å²) in [4.78, 5) is 8.76. The fourth-order valence-corrected chi connectivity index (χ4v) is 2.48. The van der Waals surface area contributed by atoms with Crippen LogP contribution in [0.2, 0.25) is 5.02 Å². The summed E-state index contributed by atoms with van der Waals surface area (Å²) >= 11 is 6.30. The van der Waals surface area contributed by atoms with Gasteiger partial charge in [-0.15, -0.1) is 0 Å². The number of aliphatic hydroxyl groups is 1. The Balaban J connectivity index is 2.05. The van der Waals surface area contributed by atoms with Crippen LogP contribution in [0.15, 0.2) is 12.3 Å². The maximum absolute atomic E-state index is 8.91. The summed E-state index contributed by atoms with van der Waals surface area (Å²) in [5.74, 6) is 0.822. The number of aliphatic hydroxyl groups excluding tert-OH is 1. The van der Waals surface area contributed by atoms with Crippen molar-refractivity contribution >= 4 is 17.4 Å². The van der Waals surface area contributed by atoms with Gasteiger partial charge in [0.25, 0.3) is 0 Å². The number of anilines is 1. The molecule has 1 aliphatic heterocycles. The maximum atomic E-state index is 8.91. The fraction of sp³-hybridized carbons (Fsp3) is 0.583. The van der Waals surface area contributed by atoms with Crippen molar-refractivity contribution in [1.29, 1.82) is 0 Å². The van der Waals surface area contributed by atoms with E-state index in [-0.39, 0.29) is 6.61 Å². The van der Waals surface area contributed by atoms with E-state index in [2.05, 4.69) is 14.8 Å². The smallest absolute Gasteiger partial charge is 0.147 e. The Morgan fingerprint density at radius 2 is 2.06 bits per heavy atom. The molecule has 1 fully saturated rings. The molecule has 1 aromatic rings. The molecule has 0 amide bonds. The molecule has 0 radical (unpaired) electrons. The molecule has 3 N–H and O–H groups in total. The van der Waals surface area contributed by atoms with Gasteiger partial charge in [-0.2, -0.15) is 0 Å². The molecule has 0 unspecified atom stereocenters. The highest BCUT2D eigenvalue weighted by molar-refractivity contribution is 6.33. The zero-order chi connectivity index (χ0) is 13.0. The van der Waals surface area contributed by atoms with Crippen molar-refractivity contribution in [2.24, 2.45) is 5.73 Å². The molecule has 5 nitrogen and oxygen atoms in total. The van der Waals surface area contributed by atoms with Gasteiger partial charge in [0.05, 0.1) is 11.6 Å². The molecule has 0 spiro atoms. The van der Waals surface area contributed by atoms with Crippen LogP contribution in [-0.4, -0.2) is 54.3 Å². The quantitative estimate of drug-likeness (QED) is 0.824. The third kappa shape index (κ3) is 2.92. The lowest BCUT2D eigenvalue weighted by molar-refractivity contribution is 0.188. The maximum Gasteiger partial charge on any atom is 0.147 e. The number of hydrogen-bond acceptors (Lipinski definition) is 5. The van der Waals surface area contributed by atoms with Gasteiger partial charge in [0.1, 0.15) is 5.82 Å². The minimum Gasteiger partial charge on any atom is -0.395 e. The van der Waals surface area contributed by atoms with Crippen molar-refractivity contribution in [2.45, 2.75) is 6.54 Å². The van der Waals surface area contributed by atoms with Crippen molar-refractivity contribution in [3.8, 4) is 0 Å². The van der Waals surface area contributed by atoms with Gasteiger partial charge >= 0.3 is 0 Å². The van der Waals surface area contributed by atoms with E-state index in [4.69, 9.17) is 22.4 Å². The lowest BCUT2D eigenvalue weighted by Gasteiger charge is -2.35. The van der Waals surface area contributed by atoms with E-state index in [0.29, 0.717) is 11.6 Å². The first-order chi connectivity index (χ1) is 8.76. The first-order valence-corrected chi connectivity index (χ1v) is 6.55. The number of piperazine rings is 1. The number of aromatic nitrogens is 1. The molecule has 1 saturated heterocycles. The van der Waals surface area contributed by atoms with Crippen LogP contribution in [-0.2, 0) is 6.54 Å². The highest BCUT2D eigenvalue weighted by Crippen LogP contribution is 2.27. The highest BCUT2D eigenvalue weighted by Gasteiger charge is 2.20. The van der Waals surface area contributed by atoms with E-state index in [1.54, 1.807) is 6.20 Å². The Kier molecular flexibility index (Phi) is 4.77. The number of rotatable bonds is 4. The van der Waals surface area contributed by atoms with Gasteiger partial charge in [0.2, 0.25) is 0 Å². The largest absolute Gasteiger partial charge is 0.395 e. The second-order valence-electron chi connectivity index (χ2n) is 4.36. The topological polar surface area (TPSA) is 65.6 Å². The van der Waals surface area contributed by atoms with E-state index in [0.717, 1.165) is 44.1 Å². The second kappa shape index (κ2) is 6.33. The number of pyridine rings is 1. The van der Waals surface area contributed by atoms with Crippen LogP contribution in [0, 0.1) is 0 Å². The summed E-state index contributed by atoms with van der Waals surface area (Å²) in [5, 5.41) is 9.57. The van der Waals surface area contributed by atoms with E-state index in [1.807, 2.05) is 6.07 Å². The Labute approximate surface area is 112 Å². The Morgan fingerprint density at radius 1 is 1.33 bits per heavy atom. The summed E-state index contributed by atoms with van der Waals surface area (Å²) in [7, 11) is 0. The van der Waals surface area contributed by atoms with Crippen molar-refractivity contribution in [3.63, 3.8) is 0 Å². The van der Waals surface area contributed by atoms with Gasteiger partial charge in [-0.25, -0.2) is 4.98 Å². The van der Waals surface area contributed by atoms with Crippen molar-refractivity contribution in [3.05, 3.63) is 22.8 Å². The van der Waals surface area contributed by atoms with Crippen LogP contribution in [0.25, 0.3) is 0 Å². The van der Waals surface area contributed by atoms with Gasteiger partial charge in [-0.05, 0) is 11.6 Å². The molecule has 0 bridgehead atoms. The van der Waals surface area contributed by atoms with Gasteiger partial charge in [0.15, 0.2) is 0 Å². The van der Waals surface area contributed by atoms with Gasteiger partial charge in [-0.1, -0.05) is 11.6 Å². The zero-order valence-electron chi connectivity index (χ0n) is 10.3. The van der Waals surface area contributed by atoms with Crippen LogP contribution >= 0.6 is 11.6 Å². The number of β-amino-alcohol motifs (C(OH)–C–C–N with tert-alkyl or cyclic N) is 1. The molecule has 1 aromatic heterocycles. The first kappa shape index (κ1) is 13.5. The molecule has 2 heterocycles. The fourth-order valence-electron chi connectivity index (χ4n) is 2.17. The second-order valence-corrected chi connectivity index (χ2v) is 4.74. The summed E-state index contributed by atoms with van der Waals surface area (Å²) in [6.07, 6.45) is 1.75. The molecule has 0 aliphatic carbocycles. The van der Waals surface area contributed by atoms with E-state index in [1.165, 1.54) is 0 Å². The third-order valence-electron chi connectivity index (χ3n) is 3.26. The van der Waals surface area contributed by atoms with Crippen LogP contribution < -0.4 is 10.6 Å². The van der Waals surface area contributed by atoms with E-state index >= 15 is 0 Å². The van der Waals surface area contributed by atoms with E-state index in [9.17, 15) is 0 Å². The van der Waals surface area contributed by atoms with Gasteiger partial charge in [-0.3, -0.25) is 4.90 Å². The molecule has 0 atom stereocenters. The average Bonchev–Trinajstić information content (AvgIpc) is 2.41. The minimum absolute atomic E-state index is 0.210. The van der Waals surface area contributed by atoms with Crippen LogP contribution in [0.1, 0.15) is 5.56 Å². The zero-order valence-corrected chi connectivity index (χ0v) is 11.1. The molecular weight excluding hydrogens is 252 g/mol. The lowest BCUT2D eigenvalue weighted by atomic mass is 10.2. The third-order valence-corrected chi connectivity index (χ3v) is 3.67. The summed E-state index contributed by atoms with van der Waals surface area (Å²) in [6.45, 7) is 4.97. The van der Waals surface area contributed by atoms with E-state index < -0.39 is 0 Å². The highest BCUT2D eigenvalue weighted by atomic mass is 35.5. The average molecular weight is 271 g/mol. The lowest BCUT2D eigenvalue weighted by Crippen LogP contribution is -2.47. The number of nitrogens with zero attached hydrogens (tertiary/aromatic N) is 3. The molecule has 18 heavy (non-hydrogen) atoms. The van der Waals surface area contributed by atoms with Crippen LogP contribution in [0.5, 0.6) is 0 Å². The number of hydrogen-bond donors (Lipinski definition) is 2. The van der Waals surface area contributed by atoms with Gasteiger partial charge < -0.3 is 15.7 Å².